The molecule has 1 N–H and O–H groups in total. The molecule has 1 amide bonds. The number of nitrogens with zero attached hydrogens (tertiary/aromatic N) is 2. The summed E-state index contributed by atoms with van der Waals surface area (Å²) in [5.74, 6) is -0.123. The molecule has 1 aliphatic rings. The molecule has 5 rings (SSSR count). The quantitative estimate of drug-likeness (QED) is 0.389. The lowest BCUT2D eigenvalue weighted by atomic mass is 9.92. The lowest BCUT2D eigenvalue weighted by Crippen LogP contribution is -2.40. The summed E-state index contributed by atoms with van der Waals surface area (Å²) in [7, 11) is 0. The number of thiophene rings is 1. The summed E-state index contributed by atoms with van der Waals surface area (Å²) in [6, 6.07) is 16.5. The standard InChI is InChI=1S/C22H17N3O3S/c26-22(18-13-23-19-7-6-15(25(27)28)12-17(18)19)24-10-8-20-16(9-11-29-20)21(24)14-4-2-1-3-5-14/h1-7,9,11-13,21,23H,8,10H2. The number of aromatic amines is 1. The van der Waals surface area contributed by atoms with Gasteiger partial charge in [-0.2, -0.15) is 0 Å². The molecule has 0 aliphatic carbocycles. The Balaban J connectivity index is 1.61. The van der Waals surface area contributed by atoms with Crippen LogP contribution in [0, 0.1) is 10.1 Å². The Bertz CT molecular complexity index is 1230. The zero-order chi connectivity index (χ0) is 20.0. The van der Waals surface area contributed by atoms with Crippen molar-refractivity contribution in [2.75, 3.05) is 6.54 Å². The molecule has 6 nitrogen and oxygen atoms in total. The van der Waals surface area contributed by atoms with Crippen molar-refractivity contribution in [3.63, 3.8) is 0 Å². The maximum Gasteiger partial charge on any atom is 0.270 e. The van der Waals surface area contributed by atoms with Crippen molar-refractivity contribution < 1.29 is 9.72 Å². The van der Waals surface area contributed by atoms with Gasteiger partial charge in [-0.15, -0.1) is 11.3 Å². The Morgan fingerprint density at radius 1 is 1.17 bits per heavy atom. The molecule has 0 saturated carbocycles. The lowest BCUT2D eigenvalue weighted by Gasteiger charge is -2.36. The van der Waals surface area contributed by atoms with Gasteiger partial charge < -0.3 is 9.88 Å². The minimum Gasteiger partial charge on any atom is -0.360 e. The first-order valence-corrected chi connectivity index (χ1v) is 10.2. The highest BCUT2D eigenvalue weighted by molar-refractivity contribution is 7.10. The van der Waals surface area contributed by atoms with Crippen LogP contribution in [0.1, 0.15) is 32.4 Å². The smallest absolute Gasteiger partial charge is 0.270 e. The van der Waals surface area contributed by atoms with Gasteiger partial charge in [0.05, 0.1) is 16.5 Å². The third kappa shape index (κ3) is 2.91. The molecule has 1 atom stereocenters. The van der Waals surface area contributed by atoms with Crippen molar-refractivity contribution in [2.45, 2.75) is 12.5 Å². The second-order valence-electron chi connectivity index (χ2n) is 7.05. The van der Waals surface area contributed by atoms with Crippen LogP contribution in [0.2, 0.25) is 0 Å². The van der Waals surface area contributed by atoms with Gasteiger partial charge in [0.2, 0.25) is 0 Å². The number of hydrogen-bond donors (Lipinski definition) is 1. The minimum atomic E-state index is -0.438. The molecule has 7 heteroatoms. The van der Waals surface area contributed by atoms with Crippen LogP contribution in [0.25, 0.3) is 10.9 Å². The van der Waals surface area contributed by atoms with Crippen LogP contribution in [0.4, 0.5) is 5.69 Å². The maximum absolute atomic E-state index is 13.6. The second kappa shape index (κ2) is 6.86. The molecule has 0 fully saturated rings. The monoisotopic (exact) mass is 403 g/mol. The Morgan fingerprint density at radius 2 is 2.00 bits per heavy atom. The number of amides is 1. The maximum atomic E-state index is 13.6. The predicted molar refractivity (Wildman–Crippen MR) is 112 cm³/mol. The first-order valence-electron chi connectivity index (χ1n) is 9.31. The van der Waals surface area contributed by atoms with E-state index in [-0.39, 0.29) is 17.6 Å². The molecule has 3 heterocycles. The average molecular weight is 403 g/mol. The number of nitro groups is 1. The van der Waals surface area contributed by atoms with Gasteiger partial charge in [-0.05, 0) is 35.1 Å². The van der Waals surface area contributed by atoms with E-state index < -0.39 is 4.92 Å². The Kier molecular flexibility index (Phi) is 4.17. The van der Waals surface area contributed by atoms with E-state index in [1.807, 2.05) is 35.2 Å². The van der Waals surface area contributed by atoms with Gasteiger partial charge in [0.25, 0.3) is 11.6 Å². The summed E-state index contributed by atoms with van der Waals surface area (Å²) in [4.78, 5) is 30.6. The van der Waals surface area contributed by atoms with E-state index in [0.29, 0.717) is 23.0 Å². The van der Waals surface area contributed by atoms with Crippen molar-refractivity contribution in [3.05, 3.63) is 97.9 Å². The largest absolute Gasteiger partial charge is 0.360 e. The fourth-order valence-corrected chi connectivity index (χ4v) is 4.99. The summed E-state index contributed by atoms with van der Waals surface area (Å²) in [5, 5.41) is 13.8. The lowest BCUT2D eigenvalue weighted by molar-refractivity contribution is -0.384. The summed E-state index contributed by atoms with van der Waals surface area (Å²) >= 11 is 1.72. The van der Waals surface area contributed by atoms with Crippen molar-refractivity contribution in [1.82, 2.24) is 9.88 Å². The van der Waals surface area contributed by atoms with E-state index in [0.717, 1.165) is 17.5 Å². The normalized spacial score (nSPS) is 16.0. The van der Waals surface area contributed by atoms with Crippen LogP contribution in [0.5, 0.6) is 0 Å². The van der Waals surface area contributed by atoms with Gasteiger partial charge in [0.15, 0.2) is 0 Å². The van der Waals surface area contributed by atoms with Gasteiger partial charge in [0, 0.05) is 40.7 Å². The number of H-pyrrole nitrogens is 1. The molecule has 0 saturated heterocycles. The number of aromatic nitrogens is 1. The third-order valence-corrected chi connectivity index (χ3v) is 6.45. The number of carbonyl (C=O) groups excluding carboxylic acids is 1. The first kappa shape index (κ1) is 17.6. The molecule has 4 aromatic rings. The van der Waals surface area contributed by atoms with Gasteiger partial charge in [0.1, 0.15) is 0 Å². The van der Waals surface area contributed by atoms with E-state index in [2.05, 4.69) is 16.4 Å². The van der Waals surface area contributed by atoms with Crippen molar-refractivity contribution in [3.8, 4) is 0 Å². The van der Waals surface area contributed by atoms with Gasteiger partial charge in [-0.3, -0.25) is 14.9 Å². The minimum absolute atomic E-state index is 0.0236. The molecule has 1 aliphatic heterocycles. The molecule has 0 bridgehead atoms. The summed E-state index contributed by atoms with van der Waals surface area (Å²) in [5.41, 5.74) is 3.37. The molecule has 2 aromatic heterocycles. The molecule has 1 unspecified atom stereocenters. The fourth-order valence-electron chi connectivity index (χ4n) is 4.08. The molecule has 0 radical (unpaired) electrons. The van der Waals surface area contributed by atoms with Crippen LogP contribution < -0.4 is 0 Å². The van der Waals surface area contributed by atoms with Crippen LogP contribution in [0.15, 0.2) is 66.2 Å². The zero-order valence-corrected chi connectivity index (χ0v) is 16.2. The zero-order valence-electron chi connectivity index (χ0n) is 15.4. The first-order chi connectivity index (χ1) is 14.1. The molecule has 29 heavy (non-hydrogen) atoms. The highest BCUT2D eigenvalue weighted by atomic mass is 32.1. The van der Waals surface area contributed by atoms with Crippen LogP contribution in [-0.4, -0.2) is 27.3 Å². The number of nitrogens with one attached hydrogen (secondary N) is 1. The van der Waals surface area contributed by atoms with Gasteiger partial charge in [-0.25, -0.2) is 0 Å². The average Bonchev–Trinajstić information content (AvgIpc) is 3.39. The number of benzene rings is 2. The van der Waals surface area contributed by atoms with Crippen LogP contribution >= 0.6 is 11.3 Å². The van der Waals surface area contributed by atoms with Crippen LogP contribution in [-0.2, 0) is 6.42 Å². The van der Waals surface area contributed by atoms with E-state index >= 15 is 0 Å². The number of non-ortho nitro benzene ring substituents is 1. The van der Waals surface area contributed by atoms with E-state index in [9.17, 15) is 14.9 Å². The fraction of sp³-hybridized carbons (Fsp3) is 0.136. The molecular weight excluding hydrogens is 386 g/mol. The summed E-state index contributed by atoms with van der Waals surface area (Å²) < 4.78 is 0. The number of fused-ring (bicyclic) bond motifs is 2. The van der Waals surface area contributed by atoms with Gasteiger partial charge in [-0.1, -0.05) is 30.3 Å². The SMILES string of the molecule is O=C(c1c[nH]c2ccc([N+](=O)[O-])cc12)N1CCc2sccc2C1c1ccccc1. The van der Waals surface area contributed by atoms with Crippen molar-refractivity contribution in [1.29, 1.82) is 0 Å². The number of rotatable bonds is 3. The predicted octanol–water partition coefficient (Wildman–Crippen LogP) is 4.93. The Hall–Kier alpha value is -3.45. The highest BCUT2D eigenvalue weighted by Gasteiger charge is 2.34. The molecule has 0 spiro atoms. The summed E-state index contributed by atoms with van der Waals surface area (Å²) in [6.45, 7) is 0.605. The number of nitro benzene ring substituents is 1. The third-order valence-electron chi connectivity index (χ3n) is 5.45. The molecular formula is C22H17N3O3S. The van der Waals surface area contributed by atoms with Crippen molar-refractivity contribution in [2.24, 2.45) is 0 Å². The Labute approximate surface area is 170 Å². The van der Waals surface area contributed by atoms with E-state index in [1.165, 1.54) is 17.0 Å². The van der Waals surface area contributed by atoms with E-state index in [1.54, 1.807) is 23.6 Å². The topological polar surface area (TPSA) is 79.2 Å². The van der Waals surface area contributed by atoms with Crippen LogP contribution in [0.3, 0.4) is 0 Å². The van der Waals surface area contributed by atoms with E-state index in [4.69, 9.17) is 0 Å². The Morgan fingerprint density at radius 3 is 2.79 bits per heavy atom. The van der Waals surface area contributed by atoms with Gasteiger partial charge >= 0.3 is 0 Å². The highest BCUT2D eigenvalue weighted by Crippen LogP contribution is 2.39. The molecule has 2 aromatic carbocycles. The molecule has 144 valence electrons. The number of carbonyl (C=O) groups is 1. The van der Waals surface area contributed by atoms with Crippen molar-refractivity contribution >= 4 is 33.8 Å². The summed E-state index contributed by atoms with van der Waals surface area (Å²) in [6.07, 6.45) is 2.46. The second-order valence-corrected chi connectivity index (χ2v) is 8.05. The number of hydrogen-bond acceptors (Lipinski definition) is 4.